The van der Waals surface area contributed by atoms with Crippen LogP contribution in [0.2, 0.25) is 0 Å². The van der Waals surface area contributed by atoms with Gasteiger partial charge in [0.25, 0.3) is 0 Å². The molecule has 0 fully saturated rings. The van der Waals surface area contributed by atoms with Crippen LogP contribution in [0.5, 0.6) is 0 Å². The van der Waals surface area contributed by atoms with Gasteiger partial charge in [0.05, 0.1) is 17.2 Å². The molecule has 7 heteroatoms. The molecule has 0 saturated heterocycles. The van der Waals surface area contributed by atoms with E-state index in [1.54, 1.807) is 25.2 Å². The van der Waals surface area contributed by atoms with Crippen LogP contribution in [-0.2, 0) is 19.3 Å². The molecule has 0 heterocycles. The highest BCUT2D eigenvalue weighted by molar-refractivity contribution is 5.79. The Morgan fingerprint density at radius 2 is 1.68 bits per heavy atom. The Labute approximate surface area is 144 Å². The number of benzene rings is 2. The first-order chi connectivity index (χ1) is 11.9. The van der Waals surface area contributed by atoms with Gasteiger partial charge in [-0.1, -0.05) is 24.3 Å². The summed E-state index contributed by atoms with van der Waals surface area (Å²) in [7, 11) is 1.58. The largest absolute Gasteiger partial charge is 0.416 e. The number of rotatable bonds is 4. The molecule has 4 nitrogen and oxygen atoms in total. The summed E-state index contributed by atoms with van der Waals surface area (Å²) in [5.74, 6) is 0.474. The van der Waals surface area contributed by atoms with E-state index in [-0.39, 0.29) is 6.54 Å². The quantitative estimate of drug-likeness (QED) is 0.659. The zero-order valence-corrected chi connectivity index (χ0v) is 13.6. The van der Waals surface area contributed by atoms with Crippen LogP contribution in [0, 0.1) is 11.3 Å². The molecule has 0 amide bonds. The van der Waals surface area contributed by atoms with Crippen molar-refractivity contribution in [2.24, 2.45) is 4.99 Å². The van der Waals surface area contributed by atoms with Crippen LogP contribution in [0.4, 0.5) is 13.2 Å². The molecule has 2 aromatic carbocycles. The van der Waals surface area contributed by atoms with Crippen LogP contribution in [0.1, 0.15) is 22.3 Å². The van der Waals surface area contributed by atoms with Crippen molar-refractivity contribution in [3.05, 3.63) is 70.8 Å². The first-order valence-corrected chi connectivity index (χ1v) is 7.52. The zero-order chi connectivity index (χ0) is 18.3. The molecule has 0 aromatic heterocycles. The van der Waals surface area contributed by atoms with E-state index in [9.17, 15) is 13.2 Å². The van der Waals surface area contributed by atoms with Gasteiger partial charge in [-0.2, -0.15) is 18.4 Å². The summed E-state index contributed by atoms with van der Waals surface area (Å²) in [6, 6.07) is 14.3. The molecule has 0 bridgehead atoms. The van der Waals surface area contributed by atoms with E-state index in [0.717, 1.165) is 17.7 Å². The number of alkyl halides is 3. The highest BCUT2D eigenvalue weighted by Crippen LogP contribution is 2.29. The maximum absolute atomic E-state index is 12.7. The lowest BCUT2D eigenvalue weighted by Crippen LogP contribution is -2.36. The topological polar surface area (TPSA) is 60.2 Å². The summed E-state index contributed by atoms with van der Waals surface area (Å²) in [6.45, 7) is 0.699. The summed E-state index contributed by atoms with van der Waals surface area (Å²) in [4.78, 5) is 4.04. The van der Waals surface area contributed by atoms with E-state index in [4.69, 9.17) is 5.26 Å². The van der Waals surface area contributed by atoms with Gasteiger partial charge in [-0.3, -0.25) is 4.99 Å². The van der Waals surface area contributed by atoms with E-state index in [0.29, 0.717) is 23.6 Å². The highest BCUT2D eigenvalue weighted by Gasteiger charge is 2.30. The molecule has 0 spiro atoms. The molecule has 0 saturated carbocycles. The van der Waals surface area contributed by atoms with Gasteiger partial charge in [0.2, 0.25) is 0 Å². The molecule has 0 aliphatic rings. The van der Waals surface area contributed by atoms with Crippen molar-refractivity contribution in [3.8, 4) is 6.07 Å². The molecule has 130 valence electrons. The first-order valence-electron chi connectivity index (χ1n) is 7.52. The minimum absolute atomic E-state index is 0.219. The molecular weight excluding hydrogens is 329 g/mol. The van der Waals surface area contributed by atoms with E-state index in [1.165, 1.54) is 6.07 Å². The fourth-order valence-corrected chi connectivity index (χ4v) is 2.15. The molecule has 0 unspecified atom stereocenters. The van der Waals surface area contributed by atoms with Crippen LogP contribution in [0.3, 0.4) is 0 Å². The normalized spacial score (nSPS) is 11.7. The second-order valence-corrected chi connectivity index (χ2v) is 5.29. The number of aliphatic imine (C=N–C) groups is 1. The van der Waals surface area contributed by atoms with Crippen molar-refractivity contribution in [3.63, 3.8) is 0 Å². The summed E-state index contributed by atoms with van der Waals surface area (Å²) in [5, 5.41) is 14.8. The number of hydrogen-bond acceptors (Lipinski definition) is 2. The lowest BCUT2D eigenvalue weighted by atomic mass is 10.1. The lowest BCUT2D eigenvalue weighted by Gasteiger charge is -2.13. The number of nitriles is 1. The minimum Gasteiger partial charge on any atom is -0.352 e. The number of nitrogens with zero attached hydrogens (tertiary/aromatic N) is 2. The van der Waals surface area contributed by atoms with E-state index in [1.807, 2.05) is 18.2 Å². The highest BCUT2D eigenvalue weighted by atomic mass is 19.4. The van der Waals surface area contributed by atoms with Gasteiger partial charge in [-0.05, 0) is 35.4 Å². The Hall–Kier alpha value is -3.01. The van der Waals surface area contributed by atoms with Crippen molar-refractivity contribution < 1.29 is 13.2 Å². The second kappa shape index (κ2) is 8.20. The molecule has 2 aromatic rings. The van der Waals surface area contributed by atoms with Gasteiger partial charge in [0.15, 0.2) is 5.96 Å². The van der Waals surface area contributed by atoms with Crippen LogP contribution in [0.15, 0.2) is 53.5 Å². The van der Waals surface area contributed by atoms with E-state index >= 15 is 0 Å². The number of nitrogens with one attached hydrogen (secondary N) is 2. The number of halogens is 3. The molecule has 25 heavy (non-hydrogen) atoms. The molecule has 0 aliphatic carbocycles. The lowest BCUT2D eigenvalue weighted by molar-refractivity contribution is -0.137. The maximum atomic E-state index is 12.7. The van der Waals surface area contributed by atoms with E-state index < -0.39 is 11.7 Å². The van der Waals surface area contributed by atoms with Crippen molar-refractivity contribution in [1.29, 1.82) is 5.26 Å². The fraction of sp³-hybridized carbons (Fsp3) is 0.222. The van der Waals surface area contributed by atoms with Crippen LogP contribution < -0.4 is 10.6 Å². The van der Waals surface area contributed by atoms with Crippen molar-refractivity contribution in [1.82, 2.24) is 10.6 Å². The average Bonchev–Trinajstić information content (AvgIpc) is 2.62. The Morgan fingerprint density at radius 3 is 2.24 bits per heavy atom. The predicted molar refractivity (Wildman–Crippen MR) is 89.6 cm³/mol. The summed E-state index contributed by atoms with van der Waals surface area (Å²) < 4.78 is 38.2. The van der Waals surface area contributed by atoms with Gasteiger partial charge >= 0.3 is 6.18 Å². The molecule has 0 aliphatic heterocycles. The molecule has 2 rings (SSSR count). The zero-order valence-electron chi connectivity index (χ0n) is 13.6. The van der Waals surface area contributed by atoms with Crippen LogP contribution >= 0.6 is 0 Å². The molecule has 0 radical (unpaired) electrons. The van der Waals surface area contributed by atoms with Crippen LogP contribution in [-0.4, -0.2) is 13.0 Å². The number of guanidine groups is 1. The van der Waals surface area contributed by atoms with Gasteiger partial charge in [0.1, 0.15) is 0 Å². The second-order valence-electron chi connectivity index (χ2n) is 5.29. The summed E-state index contributed by atoms with van der Waals surface area (Å²) in [5.41, 5.74) is 1.38. The van der Waals surface area contributed by atoms with Crippen molar-refractivity contribution >= 4 is 5.96 Å². The minimum atomic E-state index is -4.36. The Morgan fingerprint density at radius 1 is 1.04 bits per heavy atom. The SMILES string of the molecule is CN=C(NCc1ccc(C#N)cc1)NCc1cccc(C(F)(F)F)c1. The Kier molecular flexibility index (Phi) is 6.01. The van der Waals surface area contributed by atoms with Gasteiger partial charge in [0, 0.05) is 20.1 Å². The molecule has 0 atom stereocenters. The van der Waals surface area contributed by atoms with Crippen molar-refractivity contribution in [2.75, 3.05) is 7.05 Å². The summed E-state index contributed by atoms with van der Waals surface area (Å²) in [6.07, 6.45) is -4.36. The van der Waals surface area contributed by atoms with Gasteiger partial charge in [-0.25, -0.2) is 0 Å². The molecule has 2 N–H and O–H groups in total. The van der Waals surface area contributed by atoms with Crippen molar-refractivity contribution in [2.45, 2.75) is 19.3 Å². The van der Waals surface area contributed by atoms with Gasteiger partial charge < -0.3 is 10.6 Å². The Balaban J connectivity index is 1.91. The maximum Gasteiger partial charge on any atom is 0.416 e. The van der Waals surface area contributed by atoms with Crippen LogP contribution in [0.25, 0.3) is 0 Å². The standard InChI is InChI=1S/C18H17F3N4/c1-23-17(24-11-14-7-5-13(10-22)6-8-14)25-12-15-3-2-4-16(9-15)18(19,20)21/h2-9H,11-12H2,1H3,(H2,23,24,25). The fourth-order valence-electron chi connectivity index (χ4n) is 2.15. The van der Waals surface area contributed by atoms with Gasteiger partial charge in [-0.15, -0.1) is 0 Å². The van der Waals surface area contributed by atoms with E-state index in [2.05, 4.69) is 15.6 Å². The third kappa shape index (κ3) is 5.53. The summed E-state index contributed by atoms with van der Waals surface area (Å²) >= 11 is 0. The third-order valence-electron chi connectivity index (χ3n) is 3.48. The monoisotopic (exact) mass is 346 g/mol. The predicted octanol–water partition coefficient (Wildman–Crippen LogP) is 3.44. The molecular formula is C18H17F3N4. The smallest absolute Gasteiger partial charge is 0.352 e. The Bertz CT molecular complexity index is 774. The average molecular weight is 346 g/mol. The number of hydrogen-bond donors (Lipinski definition) is 2. The third-order valence-corrected chi connectivity index (χ3v) is 3.48. The first kappa shape index (κ1) is 18.3.